The lowest BCUT2D eigenvalue weighted by Crippen LogP contribution is -2.28. The van der Waals surface area contributed by atoms with E-state index in [1.807, 2.05) is 24.3 Å². The maximum absolute atomic E-state index is 12.9. The molecule has 0 saturated heterocycles. The van der Waals surface area contributed by atoms with Gasteiger partial charge < -0.3 is 15.5 Å². The van der Waals surface area contributed by atoms with Gasteiger partial charge in [-0.25, -0.2) is 0 Å². The molecule has 0 aliphatic rings. The SMILES string of the molecule is CC(=O)NC(Cc1ccc(CN)cc1)c1nnc(-c2cccc(C(F)(F)F)c2)o1.Cl. The van der Waals surface area contributed by atoms with Crippen LogP contribution in [-0.2, 0) is 23.9 Å². The summed E-state index contributed by atoms with van der Waals surface area (Å²) in [6.07, 6.45) is -4.11. The molecule has 1 amide bonds. The van der Waals surface area contributed by atoms with Crippen molar-refractivity contribution in [1.82, 2.24) is 15.5 Å². The monoisotopic (exact) mass is 440 g/mol. The van der Waals surface area contributed by atoms with Crippen LogP contribution in [0, 0.1) is 0 Å². The molecule has 6 nitrogen and oxygen atoms in total. The van der Waals surface area contributed by atoms with E-state index in [0.29, 0.717) is 13.0 Å². The Morgan fingerprint density at radius 3 is 2.40 bits per heavy atom. The highest BCUT2D eigenvalue weighted by atomic mass is 35.5. The highest BCUT2D eigenvalue weighted by Gasteiger charge is 2.31. The zero-order valence-electron chi connectivity index (χ0n) is 15.9. The molecule has 0 bridgehead atoms. The fourth-order valence-electron chi connectivity index (χ4n) is 2.81. The van der Waals surface area contributed by atoms with E-state index < -0.39 is 17.8 Å². The second kappa shape index (κ2) is 9.73. The van der Waals surface area contributed by atoms with Crippen LogP contribution in [0.15, 0.2) is 52.9 Å². The average Bonchev–Trinajstić information content (AvgIpc) is 3.17. The van der Waals surface area contributed by atoms with Crippen LogP contribution in [-0.4, -0.2) is 16.1 Å². The maximum Gasteiger partial charge on any atom is 0.416 e. The van der Waals surface area contributed by atoms with E-state index in [-0.39, 0.29) is 35.7 Å². The van der Waals surface area contributed by atoms with Gasteiger partial charge in [0.2, 0.25) is 17.7 Å². The van der Waals surface area contributed by atoms with Gasteiger partial charge in [0.15, 0.2) is 0 Å². The minimum atomic E-state index is -4.48. The van der Waals surface area contributed by atoms with Crippen molar-refractivity contribution in [1.29, 1.82) is 0 Å². The minimum Gasteiger partial charge on any atom is -0.418 e. The lowest BCUT2D eigenvalue weighted by Gasteiger charge is -2.14. The molecule has 3 aromatic rings. The van der Waals surface area contributed by atoms with Crippen LogP contribution in [0.3, 0.4) is 0 Å². The molecule has 0 spiro atoms. The van der Waals surface area contributed by atoms with E-state index in [0.717, 1.165) is 23.3 Å². The number of nitrogens with two attached hydrogens (primary N) is 1. The van der Waals surface area contributed by atoms with Crippen molar-refractivity contribution in [2.75, 3.05) is 0 Å². The van der Waals surface area contributed by atoms with Crippen molar-refractivity contribution >= 4 is 18.3 Å². The van der Waals surface area contributed by atoms with E-state index in [2.05, 4.69) is 15.5 Å². The first-order valence-electron chi connectivity index (χ1n) is 8.82. The zero-order valence-corrected chi connectivity index (χ0v) is 16.8. The Labute approximate surface area is 177 Å². The Morgan fingerprint density at radius 2 is 1.80 bits per heavy atom. The first-order valence-corrected chi connectivity index (χ1v) is 8.82. The van der Waals surface area contributed by atoms with E-state index in [9.17, 15) is 18.0 Å². The van der Waals surface area contributed by atoms with Crippen LogP contribution < -0.4 is 11.1 Å². The fourth-order valence-corrected chi connectivity index (χ4v) is 2.81. The number of hydrogen-bond acceptors (Lipinski definition) is 5. The standard InChI is InChI=1S/C20H19F3N4O2.ClH/c1-12(28)25-17(9-13-5-7-14(11-24)8-6-13)19-27-26-18(29-19)15-3-2-4-16(10-15)20(21,22)23;/h2-8,10,17H,9,11,24H2,1H3,(H,25,28);1H. The van der Waals surface area contributed by atoms with Gasteiger partial charge in [-0.15, -0.1) is 22.6 Å². The van der Waals surface area contributed by atoms with E-state index >= 15 is 0 Å². The Kier molecular flexibility index (Phi) is 7.58. The fraction of sp³-hybridized carbons (Fsp3) is 0.250. The van der Waals surface area contributed by atoms with Crippen molar-refractivity contribution in [3.63, 3.8) is 0 Å². The molecule has 1 atom stereocenters. The third-order valence-corrected chi connectivity index (χ3v) is 4.25. The molecule has 30 heavy (non-hydrogen) atoms. The number of nitrogens with zero attached hydrogens (tertiary/aromatic N) is 2. The highest BCUT2D eigenvalue weighted by molar-refractivity contribution is 5.85. The average molecular weight is 441 g/mol. The summed E-state index contributed by atoms with van der Waals surface area (Å²) in [6.45, 7) is 1.77. The molecule has 0 saturated carbocycles. The third-order valence-electron chi connectivity index (χ3n) is 4.25. The summed E-state index contributed by atoms with van der Waals surface area (Å²) in [5.74, 6) is -0.247. The topological polar surface area (TPSA) is 94.0 Å². The van der Waals surface area contributed by atoms with Crippen molar-refractivity contribution in [2.45, 2.75) is 32.1 Å². The number of rotatable bonds is 6. The van der Waals surface area contributed by atoms with Crippen molar-refractivity contribution < 1.29 is 22.4 Å². The van der Waals surface area contributed by atoms with Gasteiger partial charge in [-0.2, -0.15) is 13.2 Å². The lowest BCUT2D eigenvalue weighted by molar-refractivity contribution is -0.137. The van der Waals surface area contributed by atoms with Gasteiger partial charge in [-0.05, 0) is 29.3 Å². The molecule has 2 aromatic carbocycles. The van der Waals surface area contributed by atoms with Gasteiger partial charge in [-0.1, -0.05) is 30.3 Å². The van der Waals surface area contributed by atoms with E-state index in [1.165, 1.54) is 19.1 Å². The molecule has 0 fully saturated rings. The number of amides is 1. The zero-order chi connectivity index (χ0) is 21.0. The summed E-state index contributed by atoms with van der Waals surface area (Å²) in [6, 6.07) is 11.5. The van der Waals surface area contributed by atoms with Crippen molar-refractivity contribution in [2.24, 2.45) is 5.73 Å². The van der Waals surface area contributed by atoms with Gasteiger partial charge >= 0.3 is 6.18 Å². The summed E-state index contributed by atoms with van der Waals surface area (Å²) in [7, 11) is 0. The van der Waals surface area contributed by atoms with Crippen LogP contribution in [0.25, 0.3) is 11.5 Å². The number of carbonyl (C=O) groups is 1. The molecule has 1 heterocycles. The molecule has 3 N–H and O–H groups in total. The smallest absolute Gasteiger partial charge is 0.416 e. The number of aromatic nitrogens is 2. The number of carbonyl (C=O) groups excluding carboxylic acids is 1. The highest BCUT2D eigenvalue weighted by Crippen LogP contribution is 2.32. The molecule has 0 radical (unpaired) electrons. The maximum atomic E-state index is 12.9. The summed E-state index contributed by atoms with van der Waals surface area (Å²) >= 11 is 0. The van der Waals surface area contributed by atoms with Gasteiger partial charge in [-0.3, -0.25) is 4.79 Å². The molecule has 0 aliphatic heterocycles. The van der Waals surface area contributed by atoms with Crippen LogP contribution in [0.1, 0.15) is 35.5 Å². The lowest BCUT2D eigenvalue weighted by atomic mass is 10.0. The molecule has 160 valence electrons. The second-order valence-corrected chi connectivity index (χ2v) is 6.50. The first kappa shape index (κ1) is 23.4. The largest absolute Gasteiger partial charge is 0.418 e. The predicted octanol–water partition coefficient (Wildman–Crippen LogP) is 4.06. The minimum absolute atomic E-state index is 0. The quantitative estimate of drug-likeness (QED) is 0.603. The molecule has 3 rings (SSSR count). The number of halogens is 4. The van der Waals surface area contributed by atoms with Gasteiger partial charge in [0.25, 0.3) is 0 Å². The van der Waals surface area contributed by atoms with Gasteiger partial charge in [0.05, 0.1) is 5.56 Å². The normalized spacial score (nSPS) is 12.2. The number of benzene rings is 2. The predicted molar refractivity (Wildman–Crippen MR) is 107 cm³/mol. The van der Waals surface area contributed by atoms with E-state index in [1.54, 1.807) is 0 Å². The molecule has 1 aromatic heterocycles. The van der Waals surface area contributed by atoms with Crippen molar-refractivity contribution in [3.8, 4) is 11.5 Å². The number of alkyl halides is 3. The van der Waals surface area contributed by atoms with Crippen molar-refractivity contribution in [3.05, 3.63) is 71.1 Å². The molecule has 0 aliphatic carbocycles. The Bertz CT molecular complexity index is 990. The summed E-state index contributed by atoms with van der Waals surface area (Å²) in [5, 5.41) is 10.5. The Hall–Kier alpha value is -2.91. The molecule has 10 heteroatoms. The molecular weight excluding hydrogens is 421 g/mol. The van der Waals surface area contributed by atoms with Gasteiger partial charge in [0.1, 0.15) is 6.04 Å². The first-order chi connectivity index (χ1) is 13.8. The Balaban J connectivity index is 0.00000320. The third kappa shape index (κ3) is 5.80. The van der Waals surface area contributed by atoms with Crippen LogP contribution in [0.4, 0.5) is 13.2 Å². The van der Waals surface area contributed by atoms with Crippen LogP contribution in [0.2, 0.25) is 0 Å². The van der Waals surface area contributed by atoms with Crippen LogP contribution in [0.5, 0.6) is 0 Å². The summed E-state index contributed by atoms with van der Waals surface area (Å²) in [5.41, 5.74) is 6.80. The molecular formula is C20H20ClF3N4O2. The summed E-state index contributed by atoms with van der Waals surface area (Å²) in [4.78, 5) is 11.6. The Morgan fingerprint density at radius 1 is 1.13 bits per heavy atom. The van der Waals surface area contributed by atoms with Gasteiger partial charge in [0, 0.05) is 25.5 Å². The number of hydrogen-bond donors (Lipinski definition) is 2. The number of nitrogens with one attached hydrogen (secondary N) is 1. The molecule has 1 unspecified atom stereocenters. The summed E-state index contributed by atoms with van der Waals surface area (Å²) < 4.78 is 44.4. The van der Waals surface area contributed by atoms with Crippen LogP contribution >= 0.6 is 12.4 Å². The second-order valence-electron chi connectivity index (χ2n) is 6.50. The van der Waals surface area contributed by atoms with E-state index in [4.69, 9.17) is 10.2 Å².